The van der Waals surface area contributed by atoms with E-state index in [1.54, 1.807) is 0 Å². The summed E-state index contributed by atoms with van der Waals surface area (Å²) in [5.41, 5.74) is 5.42. The molecule has 3 N–H and O–H groups in total. The van der Waals surface area contributed by atoms with Crippen LogP contribution in [0.4, 0.5) is 0 Å². The molecule has 0 bridgehead atoms. The van der Waals surface area contributed by atoms with Crippen molar-refractivity contribution in [3.8, 4) is 0 Å². The molecule has 1 heterocycles. The van der Waals surface area contributed by atoms with E-state index in [9.17, 15) is 9.59 Å². The van der Waals surface area contributed by atoms with Gasteiger partial charge in [0.15, 0.2) is 0 Å². The number of carbonyl (C=O) groups excluding carboxylic acids is 2. The maximum Gasteiger partial charge on any atom is 0.236 e. The molecule has 5 nitrogen and oxygen atoms in total. The van der Waals surface area contributed by atoms with Crippen molar-refractivity contribution in [3.05, 3.63) is 35.9 Å². The van der Waals surface area contributed by atoms with E-state index in [0.29, 0.717) is 26.1 Å². The van der Waals surface area contributed by atoms with Gasteiger partial charge in [-0.1, -0.05) is 30.3 Å². The lowest BCUT2D eigenvalue weighted by Crippen LogP contribution is -2.49. The highest BCUT2D eigenvalue weighted by Gasteiger charge is 2.41. The number of hydrogen-bond donors (Lipinski definition) is 2. The summed E-state index contributed by atoms with van der Waals surface area (Å²) in [6.45, 7) is 0.950. The van der Waals surface area contributed by atoms with E-state index in [1.807, 2.05) is 30.3 Å². The maximum absolute atomic E-state index is 12.5. The Bertz CT molecular complexity index is 453. The fourth-order valence-electron chi connectivity index (χ4n) is 2.46. The zero-order valence-corrected chi connectivity index (χ0v) is 10.7. The molecule has 1 aliphatic heterocycles. The first kappa shape index (κ1) is 13.5. The highest BCUT2D eigenvalue weighted by molar-refractivity contribution is 5.91. The average molecular weight is 262 g/mol. The van der Waals surface area contributed by atoms with Gasteiger partial charge in [-0.15, -0.1) is 0 Å². The van der Waals surface area contributed by atoms with Crippen LogP contribution in [0.5, 0.6) is 0 Å². The third-order valence-electron chi connectivity index (χ3n) is 3.53. The lowest BCUT2D eigenvalue weighted by molar-refractivity contribution is -0.132. The Morgan fingerprint density at radius 1 is 1.21 bits per heavy atom. The number of hydrogen-bond acceptors (Lipinski definition) is 3. The Balaban J connectivity index is 2.24. The predicted octanol–water partition coefficient (Wildman–Crippen LogP) is 0.336. The first-order valence-corrected chi connectivity index (χ1v) is 6.35. The van der Waals surface area contributed by atoms with Crippen LogP contribution in [-0.4, -0.2) is 31.6 Å². The van der Waals surface area contributed by atoms with Gasteiger partial charge in [0.25, 0.3) is 0 Å². The molecule has 1 aliphatic rings. The molecule has 2 rings (SSSR count). The van der Waals surface area contributed by atoms with E-state index in [-0.39, 0.29) is 12.5 Å². The molecule has 0 saturated carbocycles. The lowest BCUT2D eigenvalue weighted by Gasteiger charge is -2.36. The summed E-state index contributed by atoms with van der Waals surface area (Å²) in [5.74, 6) is -0.690. The van der Waals surface area contributed by atoms with Gasteiger partial charge in [0.1, 0.15) is 0 Å². The molecule has 102 valence electrons. The summed E-state index contributed by atoms with van der Waals surface area (Å²) < 4.78 is 5.35. The number of nitrogens with one attached hydrogen (secondary N) is 1. The van der Waals surface area contributed by atoms with Crippen LogP contribution in [0.25, 0.3) is 0 Å². The summed E-state index contributed by atoms with van der Waals surface area (Å²) in [6, 6.07) is 9.62. The number of ether oxygens (including phenoxy) is 1. The van der Waals surface area contributed by atoms with Crippen molar-refractivity contribution in [1.82, 2.24) is 5.32 Å². The van der Waals surface area contributed by atoms with E-state index in [1.165, 1.54) is 0 Å². The van der Waals surface area contributed by atoms with Gasteiger partial charge in [-0.2, -0.15) is 0 Å². The van der Waals surface area contributed by atoms with Crippen molar-refractivity contribution in [2.45, 2.75) is 18.3 Å². The summed E-state index contributed by atoms with van der Waals surface area (Å²) in [7, 11) is 0. The van der Waals surface area contributed by atoms with Crippen LogP contribution in [-0.2, 0) is 19.7 Å². The Labute approximate surface area is 112 Å². The van der Waals surface area contributed by atoms with Gasteiger partial charge < -0.3 is 15.8 Å². The molecule has 0 atom stereocenters. The lowest BCUT2D eigenvalue weighted by atomic mass is 9.73. The zero-order chi connectivity index (χ0) is 13.7. The van der Waals surface area contributed by atoms with Crippen molar-refractivity contribution in [2.75, 3.05) is 19.8 Å². The van der Waals surface area contributed by atoms with Crippen LogP contribution in [0.2, 0.25) is 0 Å². The van der Waals surface area contributed by atoms with Crippen molar-refractivity contribution in [2.24, 2.45) is 5.73 Å². The van der Waals surface area contributed by atoms with Crippen LogP contribution < -0.4 is 11.1 Å². The normalized spacial score (nSPS) is 17.7. The SMILES string of the molecule is NC(=O)CNC(=O)C1(c2ccccc2)CCOCC1. The number of primary amides is 1. The number of nitrogens with two attached hydrogens (primary N) is 1. The Kier molecular flexibility index (Phi) is 4.16. The highest BCUT2D eigenvalue weighted by atomic mass is 16.5. The van der Waals surface area contributed by atoms with Gasteiger partial charge in [0.2, 0.25) is 11.8 Å². The van der Waals surface area contributed by atoms with Crippen LogP contribution in [0, 0.1) is 0 Å². The number of rotatable bonds is 4. The smallest absolute Gasteiger partial charge is 0.236 e. The molecule has 1 aromatic rings. The first-order valence-electron chi connectivity index (χ1n) is 6.35. The van der Waals surface area contributed by atoms with E-state index in [2.05, 4.69) is 5.32 Å². The molecule has 1 fully saturated rings. The van der Waals surface area contributed by atoms with Crippen molar-refractivity contribution < 1.29 is 14.3 Å². The summed E-state index contributed by atoms with van der Waals surface area (Å²) >= 11 is 0. The fraction of sp³-hybridized carbons (Fsp3) is 0.429. The molecule has 0 unspecified atom stereocenters. The molecule has 19 heavy (non-hydrogen) atoms. The van der Waals surface area contributed by atoms with Crippen LogP contribution in [0.1, 0.15) is 18.4 Å². The molecule has 1 saturated heterocycles. The van der Waals surface area contributed by atoms with Crippen molar-refractivity contribution in [3.63, 3.8) is 0 Å². The second-order valence-electron chi connectivity index (χ2n) is 4.71. The van der Waals surface area contributed by atoms with Gasteiger partial charge in [-0.05, 0) is 18.4 Å². The van der Waals surface area contributed by atoms with E-state index in [4.69, 9.17) is 10.5 Å². The molecule has 1 aromatic carbocycles. The summed E-state index contributed by atoms with van der Waals surface area (Å²) in [6.07, 6.45) is 1.23. The second-order valence-corrected chi connectivity index (χ2v) is 4.71. The zero-order valence-electron chi connectivity index (χ0n) is 10.7. The molecular weight excluding hydrogens is 244 g/mol. The average Bonchev–Trinajstić information content (AvgIpc) is 2.46. The van der Waals surface area contributed by atoms with Crippen LogP contribution in [0.3, 0.4) is 0 Å². The molecule has 0 spiro atoms. The van der Waals surface area contributed by atoms with Crippen LogP contribution >= 0.6 is 0 Å². The van der Waals surface area contributed by atoms with Crippen molar-refractivity contribution in [1.29, 1.82) is 0 Å². The molecule has 2 amide bonds. The standard InChI is InChI=1S/C14H18N2O3/c15-12(17)10-16-13(18)14(6-8-19-9-7-14)11-4-2-1-3-5-11/h1-5H,6-10H2,(H2,15,17)(H,16,18). The predicted molar refractivity (Wildman–Crippen MR) is 70.4 cm³/mol. The minimum absolute atomic E-state index is 0.131. The quantitative estimate of drug-likeness (QED) is 0.820. The van der Waals surface area contributed by atoms with Gasteiger partial charge >= 0.3 is 0 Å². The van der Waals surface area contributed by atoms with E-state index in [0.717, 1.165) is 5.56 Å². The molecule has 0 aliphatic carbocycles. The van der Waals surface area contributed by atoms with Gasteiger partial charge in [-0.25, -0.2) is 0 Å². The van der Waals surface area contributed by atoms with Crippen LogP contribution in [0.15, 0.2) is 30.3 Å². The number of benzene rings is 1. The minimum Gasteiger partial charge on any atom is -0.381 e. The van der Waals surface area contributed by atoms with Gasteiger partial charge in [0, 0.05) is 13.2 Å². The Morgan fingerprint density at radius 3 is 2.42 bits per heavy atom. The summed E-state index contributed by atoms with van der Waals surface area (Å²) in [4.78, 5) is 23.3. The van der Waals surface area contributed by atoms with Crippen molar-refractivity contribution >= 4 is 11.8 Å². The number of amides is 2. The Morgan fingerprint density at radius 2 is 1.84 bits per heavy atom. The second kappa shape index (κ2) is 5.84. The Hall–Kier alpha value is -1.88. The topological polar surface area (TPSA) is 81.4 Å². The monoisotopic (exact) mass is 262 g/mol. The molecular formula is C14H18N2O3. The largest absolute Gasteiger partial charge is 0.381 e. The summed E-state index contributed by atoms with van der Waals surface area (Å²) in [5, 5.41) is 2.62. The van der Waals surface area contributed by atoms with E-state index < -0.39 is 11.3 Å². The third-order valence-corrected chi connectivity index (χ3v) is 3.53. The number of carbonyl (C=O) groups is 2. The van der Waals surface area contributed by atoms with Gasteiger partial charge in [-0.3, -0.25) is 9.59 Å². The highest BCUT2D eigenvalue weighted by Crippen LogP contribution is 2.34. The third kappa shape index (κ3) is 2.93. The first-order chi connectivity index (χ1) is 9.15. The molecule has 0 radical (unpaired) electrons. The van der Waals surface area contributed by atoms with Gasteiger partial charge in [0.05, 0.1) is 12.0 Å². The molecule has 0 aromatic heterocycles. The molecule has 5 heteroatoms. The maximum atomic E-state index is 12.5. The minimum atomic E-state index is -0.616. The fourth-order valence-corrected chi connectivity index (χ4v) is 2.46. The van der Waals surface area contributed by atoms with E-state index >= 15 is 0 Å².